The summed E-state index contributed by atoms with van der Waals surface area (Å²) in [6, 6.07) is 3.27. The first-order valence-corrected chi connectivity index (χ1v) is 7.00. The predicted octanol–water partition coefficient (Wildman–Crippen LogP) is 1.91. The number of hydrogen-bond acceptors (Lipinski definition) is 4. The molecule has 0 radical (unpaired) electrons. The van der Waals surface area contributed by atoms with E-state index in [0.717, 1.165) is 4.90 Å². The molecule has 0 bridgehead atoms. The molecule has 1 saturated heterocycles. The minimum absolute atomic E-state index is 0.0655. The molecule has 0 aliphatic carbocycles. The van der Waals surface area contributed by atoms with Crippen LogP contribution in [0.3, 0.4) is 0 Å². The van der Waals surface area contributed by atoms with Crippen LogP contribution in [0.1, 0.15) is 24.2 Å². The fourth-order valence-electron chi connectivity index (χ4n) is 2.68. The maximum Gasteiger partial charge on any atom is 0.416 e. The van der Waals surface area contributed by atoms with Gasteiger partial charge in [-0.25, -0.2) is 0 Å². The summed E-state index contributed by atoms with van der Waals surface area (Å²) >= 11 is 0. The number of aromatic nitrogens is 3. The Balaban J connectivity index is 1.92. The van der Waals surface area contributed by atoms with Crippen LogP contribution in [0.2, 0.25) is 0 Å². The lowest BCUT2D eigenvalue weighted by Gasteiger charge is -2.43. The Morgan fingerprint density at radius 3 is 2.83 bits per heavy atom. The van der Waals surface area contributed by atoms with Gasteiger partial charge in [-0.15, -0.1) is 0 Å². The van der Waals surface area contributed by atoms with Gasteiger partial charge in [-0.1, -0.05) is 0 Å². The van der Waals surface area contributed by atoms with Crippen molar-refractivity contribution in [3.05, 3.63) is 30.1 Å². The van der Waals surface area contributed by atoms with Gasteiger partial charge in [0.15, 0.2) is 6.10 Å². The molecule has 0 spiro atoms. The summed E-state index contributed by atoms with van der Waals surface area (Å²) in [5.41, 5.74) is -0.419. The van der Waals surface area contributed by atoms with E-state index in [1.807, 2.05) is 0 Å². The molecule has 1 fully saturated rings. The lowest BCUT2D eigenvalue weighted by atomic mass is 10.0. The van der Waals surface area contributed by atoms with E-state index in [9.17, 15) is 18.0 Å². The predicted molar refractivity (Wildman–Crippen MR) is 73.9 cm³/mol. The maximum absolute atomic E-state index is 13.0. The molecule has 1 atom stereocenters. The Bertz CT molecular complexity index is 741. The van der Waals surface area contributed by atoms with Crippen LogP contribution in [0, 0.1) is 0 Å². The molecule has 1 amide bonds. The third kappa shape index (κ3) is 3.00. The van der Waals surface area contributed by atoms with E-state index in [1.165, 1.54) is 30.9 Å². The lowest BCUT2D eigenvalue weighted by Crippen LogP contribution is -2.58. The SMILES string of the molecule is CC1(C)CN(C(=O)c2cnn3ncccc23)CC(C(F)(F)F)O1. The number of morpholine rings is 1. The smallest absolute Gasteiger partial charge is 0.359 e. The molecular weight excluding hydrogens is 313 g/mol. The summed E-state index contributed by atoms with van der Waals surface area (Å²) in [7, 11) is 0. The van der Waals surface area contributed by atoms with Crippen LogP contribution in [0.25, 0.3) is 5.52 Å². The standard InChI is InChI=1S/C14H15F3N4O2/c1-13(2)8-20(7-11(23-13)14(15,16)17)12(22)9-6-19-21-10(9)4-3-5-18-21/h3-6,11H,7-8H2,1-2H3. The van der Waals surface area contributed by atoms with E-state index in [1.54, 1.807) is 12.1 Å². The maximum atomic E-state index is 13.0. The number of carbonyl (C=O) groups excluding carboxylic acids is 1. The van der Waals surface area contributed by atoms with Gasteiger partial charge in [0.25, 0.3) is 5.91 Å². The van der Waals surface area contributed by atoms with E-state index in [0.29, 0.717) is 5.52 Å². The Kier molecular flexibility index (Phi) is 3.55. The van der Waals surface area contributed by atoms with Crippen molar-refractivity contribution in [3.8, 4) is 0 Å². The molecular formula is C14H15F3N4O2. The van der Waals surface area contributed by atoms with E-state index < -0.39 is 30.3 Å². The molecule has 0 aromatic carbocycles. The van der Waals surface area contributed by atoms with Crippen LogP contribution in [-0.2, 0) is 4.74 Å². The van der Waals surface area contributed by atoms with Crippen molar-refractivity contribution in [3.63, 3.8) is 0 Å². The molecule has 1 unspecified atom stereocenters. The zero-order valence-corrected chi connectivity index (χ0v) is 12.5. The summed E-state index contributed by atoms with van der Waals surface area (Å²) in [5.74, 6) is -0.515. The molecule has 23 heavy (non-hydrogen) atoms. The zero-order valence-electron chi connectivity index (χ0n) is 12.5. The van der Waals surface area contributed by atoms with Crippen LogP contribution in [-0.4, -0.2) is 56.6 Å². The molecule has 3 rings (SSSR count). The minimum atomic E-state index is -4.53. The number of fused-ring (bicyclic) bond motifs is 1. The van der Waals surface area contributed by atoms with Crippen molar-refractivity contribution in [1.82, 2.24) is 19.7 Å². The Labute approximate surface area is 129 Å². The molecule has 1 aliphatic rings. The van der Waals surface area contributed by atoms with Crippen molar-refractivity contribution in [2.45, 2.75) is 31.7 Å². The molecule has 3 heterocycles. The number of hydrogen-bond donors (Lipinski definition) is 0. The lowest BCUT2D eigenvalue weighted by molar-refractivity contribution is -0.267. The van der Waals surface area contributed by atoms with Crippen LogP contribution >= 0.6 is 0 Å². The number of carbonyl (C=O) groups is 1. The third-order valence-electron chi connectivity index (χ3n) is 3.61. The van der Waals surface area contributed by atoms with Gasteiger partial charge in [0.1, 0.15) is 5.52 Å². The van der Waals surface area contributed by atoms with Gasteiger partial charge in [0.2, 0.25) is 0 Å². The Morgan fingerprint density at radius 2 is 2.13 bits per heavy atom. The van der Waals surface area contributed by atoms with Gasteiger partial charge in [-0.3, -0.25) is 4.79 Å². The van der Waals surface area contributed by atoms with E-state index in [4.69, 9.17) is 4.74 Å². The van der Waals surface area contributed by atoms with Gasteiger partial charge in [0.05, 0.1) is 23.9 Å². The number of alkyl halides is 3. The highest BCUT2D eigenvalue weighted by Crippen LogP contribution is 2.32. The normalized spacial score (nSPS) is 21.6. The molecule has 124 valence electrons. The van der Waals surface area contributed by atoms with Crippen molar-refractivity contribution in [2.75, 3.05) is 13.1 Å². The fraction of sp³-hybridized carbons (Fsp3) is 0.500. The van der Waals surface area contributed by atoms with E-state index in [2.05, 4.69) is 10.2 Å². The largest absolute Gasteiger partial charge is 0.416 e. The van der Waals surface area contributed by atoms with Crippen LogP contribution < -0.4 is 0 Å². The minimum Gasteiger partial charge on any atom is -0.359 e. The summed E-state index contributed by atoms with van der Waals surface area (Å²) in [6.45, 7) is 2.59. The highest BCUT2D eigenvalue weighted by Gasteiger charge is 2.49. The average molecular weight is 328 g/mol. The number of nitrogens with zero attached hydrogens (tertiary/aromatic N) is 4. The van der Waals surface area contributed by atoms with Crippen LogP contribution in [0.5, 0.6) is 0 Å². The second kappa shape index (κ2) is 5.19. The van der Waals surface area contributed by atoms with Gasteiger partial charge in [0, 0.05) is 12.7 Å². The van der Waals surface area contributed by atoms with E-state index in [-0.39, 0.29) is 12.1 Å². The van der Waals surface area contributed by atoms with Crippen LogP contribution in [0.4, 0.5) is 13.2 Å². The highest BCUT2D eigenvalue weighted by atomic mass is 19.4. The number of ether oxygens (including phenoxy) is 1. The van der Waals surface area contributed by atoms with Crippen LogP contribution in [0.15, 0.2) is 24.5 Å². The molecule has 0 N–H and O–H groups in total. The number of halogens is 3. The third-order valence-corrected chi connectivity index (χ3v) is 3.61. The van der Waals surface area contributed by atoms with Gasteiger partial charge < -0.3 is 9.64 Å². The summed E-state index contributed by atoms with van der Waals surface area (Å²) < 4.78 is 45.4. The second-order valence-corrected chi connectivity index (χ2v) is 6.05. The van der Waals surface area contributed by atoms with Crippen molar-refractivity contribution in [1.29, 1.82) is 0 Å². The molecule has 6 nitrogen and oxygen atoms in total. The topological polar surface area (TPSA) is 59.7 Å². The monoisotopic (exact) mass is 328 g/mol. The number of rotatable bonds is 1. The van der Waals surface area contributed by atoms with Crippen molar-refractivity contribution >= 4 is 11.4 Å². The van der Waals surface area contributed by atoms with Crippen molar-refractivity contribution < 1.29 is 22.7 Å². The van der Waals surface area contributed by atoms with Gasteiger partial charge in [-0.05, 0) is 26.0 Å². The molecule has 9 heteroatoms. The quantitative estimate of drug-likeness (QED) is 0.802. The first-order chi connectivity index (χ1) is 10.7. The van der Waals surface area contributed by atoms with E-state index >= 15 is 0 Å². The summed E-state index contributed by atoms with van der Waals surface area (Å²) in [5, 5.41) is 7.89. The number of amides is 1. The van der Waals surface area contributed by atoms with Gasteiger partial charge >= 0.3 is 6.18 Å². The molecule has 0 saturated carbocycles. The van der Waals surface area contributed by atoms with Crippen molar-refractivity contribution in [2.24, 2.45) is 0 Å². The first kappa shape index (κ1) is 15.7. The fourth-order valence-corrected chi connectivity index (χ4v) is 2.68. The second-order valence-electron chi connectivity index (χ2n) is 6.05. The zero-order chi connectivity index (χ0) is 16.8. The average Bonchev–Trinajstić information content (AvgIpc) is 2.87. The molecule has 2 aromatic rings. The Morgan fingerprint density at radius 1 is 1.39 bits per heavy atom. The van der Waals surface area contributed by atoms with Gasteiger partial charge in [-0.2, -0.15) is 28.0 Å². The Hall–Kier alpha value is -2.16. The first-order valence-electron chi connectivity index (χ1n) is 7.00. The molecule has 1 aliphatic heterocycles. The summed E-state index contributed by atoms with van der Waals surface area (Å²) in [6.07, 6.45) is -3.71. The summed E-state index contributed by atoms with van der Waals surface area (Å²) in [4.78, 5) is 13.8. The highest BCUT2D eigenvalue weighted by molar-refractivity contribution is 6.00. The molecule has 2 aromatic heterocycles.